The van der Waals surface area contributed by atoms with E-state index in [0.717, 1.165) is 80.5 Å². The van der Waals surface area contributed by atoms with Crippen LogP contribution in [0.2, 0.25) is 0 Å². The highest BCUT2D eigenvalue weighted by Crippen LogP contribution is 2.20. The van der Waals surface area contributed by atoms with E-state index in [1.165, 1.54) is 6.92 Å². The van der Waals surface area contributed by atoms with Crippen LogP contribution in [0.1, 0.15) is 135 Å². The molecule has 17 heteroatoms. The number of nitrogens with two attached hydrogens (primary N) is 2. The van der Waals surface area contributed by atoms with E-state index in [2.05, 4.69) is 26.6 Å². The molecule has 17 nitrogen and oxygen atoms in total. The van der Waals surface area contributed by atoms with Gasteiger partial charge in [-0.3, -0.25) is 33.6 Å². The number of carboxylic acids is 1. The molecule has 0 aromatic heterocycles. The SMILES string of the molecule is CC(C)C[C@H](NC(=O)[C@@H](NC(=O)CCCCCCCCCCCCCCC(=O)N[C@@H](CC(N)=O)C(=O)N[C@@H](Cc1ccccc1)C(=O)O)[C@H](C)O)C(=O)N[C@@H](Cc1cccc2ccccc12)C(N)=O. The Morgan fingerprint density at radius 3 is 1.55 bits per heavy atom. The van der Waals surface area contributed by atoms with Crippen molar-refractivity contribution in [2.45, 2.75) is 173 Å². The Kier molecular flexibility index (Phi) is 25.5. The standard InChI is InChI=1S/C52H75N7O10/c1-34(2)30-41(49(65)56-40(48(54)64)32-38-26-21-25-37-24-19-20-27-39(37)38)57-51(67)47(35(3)60)59-46(63)29-18-13-11-9-7-5-4-6-8-10-12-17-28-45(62)55-42(33-44(53)61)50(66)58-43(52(68)69)31-36-22-15-14-16-23-36/h14-16,19-27,34-35,40-43,47,60H,4-13,17-18,28-33H2,1-3H3,(H2,53,61)(H2,54,64)(H,55,62)(H,56,65)(H,57,67)(H,58,66)(H,59,63)(H,68,69)/t35-,40-,41-,42-,43-,47-/m0/s1. The highest BCUT2D eigenvalue weighted by Gasteiger charge is 2.32. The van der Waals surface area contributed by atoms with Crippen LogP contribution in [-0.4, -0.2) is 93.8 Å². The first kappa shape index (κ1) is 57.0. The number of aliphatic hydroxyl groups excluding tert-OH is 1. The van der Waals surface area contributed by atoms with Gasteiger partial charge >= 0.3 is 5.97 Å². The Hall–Kier alpha value is -6.36. The average molecular weight is 958 g/mol. The third-order valence-corrected chi connectivity index (χ3v) is 11.9. The first-order chi connectivity index (χ1) is 32.9. The number of primary amides is 2. The van der Waals surface area contributed by atoms with Gasteiger partial charge in [0.2, 0.25) is 41.4 Å². The van der Waals surface area contributed by atoms with Crippen molar-refractivity contribution in [3.05, 3.63) is 83.9 Å². The summed E-state index contributed by atoms with van der Waals surface area (Å²) in [5.74, 6) is -5.68. The lowest BCUT2D eigenvalue weighted by molar-refractivity contribution is -0.142. The number of hydrogen-bond donors (Lipinski definition) is 9. The number of amides is 7. The first-order valence-electron chi connectivity index (χ1n) is 24.4. The molecule has 378 valence electrons. The van der Waals surface area contributed by atoms with E-state index in [1.807, 2.05) is 56.3 Å². The van der Waals surface area contributed by atoms with E-state index in [4.69, 9.17) is 11.5 Å². The smallest absolute Gasteiger partial charge is 0.326 e. The summed E-state index contributed by atoms with van der Waals surface area (Å²) in [4.78, 5) is 101. The van der Waals surface area contributed by atoms with Gasteiger partial charge < -0.3 is 48.3 Å². The van der Waals surface area contributed by atoms with Crippen molar-refractivity contribution in [1.82, 2.24) is 26.6 Å². The number of carbonyl (C=O) groups excluding carboxylic acids is 7. The largest absolute Gasteiger partial charge is 0.480 e. The molecule has 11 N–H and O–H groups in total. The number of carboxylic acid groups (broad SMARTS) is 1. The molecule has 0 aliphatic heterocycles. The van der Waals surface area contributed by atoms with Crippen molar-refractivity contribution in [3.8, 4) is 0 Å². The lowest BCUT2D eigenvalue weighted by atomic mass is 9.97. The molecule has 6 atom stereocenters. The molecule has 0 saturated heterocycles. The summed E-state index contributed by atoms with van der Waals surface area (Å²) in [6, 6.07) is 16.3. The molecule has 0 spiro atoms. The summed E-state index contributed by atoms with van der Waals surface area (Å²) in [6.45, 7) is 5.16. The zero-order valence-corrected chi connectivity index (χ0v) is 40.5. The maximum Gasteiger partial charge on any atom is 0.326 e. The maximum atomic E-state index is 13.6. The van der Waals surface area contributed by atoms with Crippen molar-refractivity contribution in [2.24, 2.45) is 17.4 Å². The van der Waals surface area contributed by atoms with E-state index in [9.17, 15) is 48.6 Å². The topological polar surface area (TPSA) is 289 Å². The monoisotopic (exact) mass is 958 g/mol. The third kappa shape index (κ3) is 22.1. The van der Waals surface area contributed by atoms with Crippen LogP contribution in [-0.2, 0) is 51.2 Å². The van der Waals surface area contributed by atoms with Gasteiger partial charge in [0.25, 0.3) is 0 Å². The summed E-state index contributed by atoms with van der Waals surface area (Å²) < 4.78 is 0. The number of benzene rings is 3. The molecule has 0 radical (unpaired) electrons. The van der Waals surface area contributed by atoms with Crippen LogP contribution in [0.4, 0.5) is 0 Å². The fourth-order valence-corrected chi connectivity index (χ4v) is 8.14. The van der Waals surface area contributed by atoms with Gasteiger partial charge in [-0.2, -0.15) is 0 Å². The molecule has 0 aliphatic rings. The minimum absolute atomic E-state index is 0.0192. The molecule has 0 fully saturated rings. The van der Waals surface area contributed by atoms with E-state index in [0.29, 0.717) is 18.4 Å². The fourth-order valence-electron chi connectivity index (χ4n) is 8.14. The zero-order chi connectivity index (χ0) is 50.7. The van der Waals surface area contributed by atoms with Crippen molar-refractivity contribution < 1.29 is 48.6 Å². The van der Waals surface area contributed by atoms with Crippen molar-refractivity contribution in [3.63, 3.8) is 0 Å². The number of aliphatic hydroxyl groups is 1. The van der Waals surface area contributed by atoms with Gasteiger partial charge in [0.05, 0.1) is 12.5 Å². The average Bonchev–Trinajstić information content (AvgIpc) is 3.29. The number of nitrogens with one attached hydrogen (secondary N) is 5. The van der Waals surface area contributed by atoms with Crippen LogP contribution < -0.4 is 38.1 Å². The molecule has 0 aliphatic carbocycles. The van der Waals surface area contributed by atoms with Gasteiger partial charge in [0.15, 0.2) is 0 Å². The van der Waals surface area contributed by atoms with Crippen LogP contribution in [0.15, 0.2) is 72.8 Å². The highest BCUT2D eigenvalue weighted by atomic mass is 16.4. The number of rotatable bonds is 34. The Labute approximate surface area is 406 Å². The van der Waals surface area contributed by atoms with Gasteiger partial charge in [-0.1, -0.05) is 151 Å². The van der Waals surface area contributed by atoms with Crippen molar-refractivity contribution >= 4 is 58.1 Å². The number of aliphatic carboxylic acids is 1. The Morgan fingerprint density at radius 2 is 1.01 bits per heavy atom. The predicted octanol–water partition coefficient (Wildman–Crippen LogP) is 4.38. The van der Waals surface area contributed by atoms with Gasteiger partial charge in [-0.05, 0) is 54.0 Å². The van der Waals surface area contributed by atoms with Crippen LogP contribution in [0.3, 0.4) is 0 Å². The third-order valence-electron chi connectivity index (χ3n) is 11.9. The van der Waals surface area contributed by atoms with Crippen LogP contribution in [0, 0.1) is 5.92 Å². The normalized spacial score (nSPS) is 13.8. The number of fused-ring (bicyclic) bond motifs is 1. The molecular weight excluding hydrogens is 883 g/mol. The maximum absolute atomic E-state index is 13.6. The van der Waals surface area contributed by atoms with E-state index in [1.54, 1.807) is 30.3 Å². The van der Waals surface area contributed by atoms with Gasteiger partial charge in [0.1, 0.15) is 30.2 Å². The molecule has 0 saturated carbocycles. The van der Waals surface area contributed by atoms with Gasteiger partial charge in [-0.25, -0.2) is 4.79 Å². The highest BCUT2D eigenvalue weighted by molar-refractivity contribution is 5.95. The molecule has 3 aromatic carbocycles. The summed E-state index contributed by atoms with van der Waals surface area (Å²) >= 11 is 0. The van der Waals surface area contributed by atoms with E-state index < -0.39 is 84.1 Å². The minimum atomic E-state index is -1.29. The molecule has 69 heavy (non-hydrogen) atoms. The van der Waals surface area contributed by atoms with Crippen LogP contribution >= 0.6 is 0 Å². The molecular formula is C52H75N7O10. The quantitative estimate of drug-likeness (QED) is 0.0381. The van der Waals surface area contributed by atoms with Crippen LogP contribution in [0.25, 0.3) is 10.8 Å². The van der Waals surface area contributed by atoms with Gasteiger partial charge in [0, 0.05) is 25.7 Å². The molecule has 7 amide bonds. The molecule has 0 unspecified atom stereocenters. The summed E-state index contributed by atoms with van der Waals surface area (Å²) in [5.41, 5.74) is 12.6. The lowest BCUT2D eigenvalue weighted by Gasteiger charge is -2.27. The Bertz CT molecular complexity index is 2130. The molecule has 3 rings (SSSR count). The fraction of sp³-hybridized carbons (Fsp3) is 0.538. The lowest BCUT2D eigenvalue weighted by Crippen LogP contribution is -2.59. The zero-order valence-electron chi connectivity index (χ0n) is 40.5. The van der Waals surface area contributed by atoms with Crippen LogP contribution in [0.5, 0.6) is 0 Å². The second-order valence-corrected chi connectivity index (χ2v) is 18.4. The molecule has 0 heterocycles. The second kappa shape index (κ2) is 30.9. The number of unbranched alkanes of at least 4 members (excludes halogenated alkanes) is 11. The van der Waals surface area contributed by atoms with Gasteiger partial charge in [-0.15, -0.1) is 0 Å². The van der Waals surface area contributed by atoms with E-state index >= 15 is 0 Å². The van der Waals surface area contributed by atoms with E-state index in [-0.39, 0.29) is 43.9 Å². The van der Waals surface area contributed by atoms with Crippen molar-refractivity contribution in [2.75, 3.05) is 0 Å². The second-order valence-electron chi connectivity index (χ2n) is 18.4. The molecule has 0 bridgehead atoms. The summed E-state index contributed by atoms with van der Waals surface area (Å²) in [5, 5.41) is 35.0. The first-order valence-corrected chi connectivity index (χ1v) is 24.4. The number of hydrogen-bond acceptors (Lipinski definition) is 9. The number of carbonyl (C=O) groups is 8. The summed E-state index contributed by atoms with van der Waals surface area (Å²) in [6.07, 6.45) is 10.1. The van der Waals surface area contributed by atoms with Crippen molar-refractivity contribution in [1.29, 1.82) is 0 Å². The predicted molar refractivity (Wildman–Crippen MR) is 264 cm³/mol. The molecule has 3 aromatic rings. The Morgan fingerprint density at radius 1 is 0.522 bits per heavy atom. The Balaban J connectivity index is 1.29. The summed E-state index contributed by atoms with van der Waals surface area (Å²) in [7, 11) is 0. The minimum Gasteiger partial charge on any atom is -0.480 e.